The van der Waals surface area contributed by atoms with Gasteiger partial charge < -0.3 is 9.84 Å². The van der Waals surface area contributed by atoms with Gasteiger partial charge in [-0.15, -0.1) is 0 Å². The highest BCUT2D eigenvalue weighted by Crippen LogP contribution is 2.19. The van der Waals surface area contributed by atoms with Gasteiger partial charge in [0, 0.05) is 12.3 Å². The van der Waals surface area contributed by atoms with E-state index in [9.17, 15) is 4.79 Å². The number of aromatic nitrogens is 2. The van der Waals surface area contributed by atoms with Gasteiger partial charge in [-0.2, -0.15) is 0 Å². The minimum Gasteiger partial charge on any atom is -0.478 e. The van der Waals surface area contributed by atoms with Crippen LogP contribution >= 0.6 is 0 Å². The van der Waals surface area contributed by atoms with E-state index >= 15 is 0 Å². The van der Waals surface area contributed by atoms with E-state index in [2.05, 4.69) is 9.97 Å². The second-order valence-electron chi connectivity index (χ2n) is 3.38. The van der Waals surface area contributed by atoms with Crippen LogP contribution in [0.2, 0.25) is 0 Å². The Kier molecular flexibility index (Phi) is 3.00. The summed E-state index contributed by atoms with van der Waals surface area (Å²) in [4.78, 5) is 18.8. The Bertz CT molecular complexity index is 541. The second kappa shape index (κ2) is 4.61. The number of aryl methyl sites for hydroxylation is 1. The minimum atomic E-state index is -0.997. The highest BCUT2D eigenvalue weighted by molar-refractivity contribution is 5.88. The Balaban J connectivity index is 2.24. The first-order valence-electron chi connectivity index (χ1n) is 4.95. The molecule has 0 fully saturated rings. The molecule has 5 nitrogen and oxygen atoms in total. The molecule has 0 saturated heterocycles. The number of hydrogen-bond donors (Lipinski definition) is 1. The molecule has 2 rings (SSSR count). The molecule has 17 heavy (non-hydrogen) atoms. The lowest BCUT2D eigenvalue weighted by Crippen LogP contribution is -2.02. The Labute approximate surface area is 97.7 Å². The monoisotopic (exact) mass is 230 g/mol. The molecule has 2 aromatic heterocycles. The molecule has 0 aromatic carbocycles. The molecular formula is C12H10N2O3. The van der Waals surface area contributed by atoms with Gasteiger partial charge in [0.1, 0.15) is 5.75 Å². The summed E-state index contributed by atoms with van der Waals surface area (Å²) in [5, 5.41) is 8.86. The fraction of sp³-hybridized carbons (Fsp3) is 0.0833. The van der Waals surface area contributed by atoms with E-state index in [0.717, 1.165) is 0 Å². The molecule has 0 spiro atoms. The van der Waals surface area contributed by atoms with E-state index in [1.807, 2.05) is 0 Å². The van der Waals surface area contributed by atoms with Crippen molar-refractivity contribution >= 4 is 5.97 Å². The summed E-state index contributed by atoms with van der Waals surface area (Å²) in [5.74, 6) is -0.0918. The van der Waals surface area contributed by atoms with Gasteiger partial charge in [-0.25, -0.2) is 9.78 Å². The molecule has 0 aliphatic carbocycles. The molecule has 0 unspecified atom stereocenters. The number of ether oxygens (including phenoxy) is 1. The van der Waals surface area contributed by atoms with Crippen LogP contribution in [0.25, 0.3) is 0 Å². The lowest BCUT2D eigenvalue weighted by Gasteiger charge is -2.06. The van der Waals surface area contributed by atoms with Crippen LogP contribution < -0.4 is 4.74 Å². The van der Waals surface area contributed by atoms with E-state index in [1.165, 1.54) is 12.1 Å². The van der Waals surface area contributed by atoms with E-state index < -0.39 is 5.97 Å². The number of aromatic carboxylic acids is 1. The van der Waals surface area contributed by atoms with Crippen molar-refractivity contribution in [2.45, 2.75) is 6.92 Å². The predicted molar refractivity (Wildman–Crippen MR) is 60.2 cm³/mol. The zero-order chi connectivity index (χ0) is 12.3. The van der Waals surface area contributed by atoms with Crippen LogP contribution in [-0.4, -0.2) is 21.0 Å². The quantitative estimate of drug-likeness (QED) is 0.875. The minimum absolute atomic E-state index is 0.170. The van der Waals surface area contributed by atoms with Crippen LogP contribution in [0.4, 0.5) is 0 Å². The van der Waals surface area contributed by atoms with Crippen LogP contribution in [0.5, 0.6) is 11.6 Å². The number of carboxylic acid groups (broad SMARTS) is 1. The van der Waals surface area contributed by atoms with E-state index in [-0.39, 0.29) is 5.56 Å². The third-order valence-electron chi connectivity index (χ3n) is 2.15. The Morgan fingerprint density at radius 1 is 1.35 bits per heavy atom. The second-order valence-corrected chi connectivity index (χ2v) is 3.38. The molecule has 0 saturated carbocycles. The number of pyridine rings is 2. The molecule has 0 bridgehead atoms. The van der Waals surface area contributed by atoms with Crippen molar-refractivity contribution in [3.63, 3.8) is 0 Å². The van der Waals surface area contributed by atoms with Crippen molar-refractivity contribution in [2.75, 3.05) is 0 Å². The van der Waals surface area contributed by atoms with Crippen LogP contribution in [0.1, 0.15) is 16.1 Å². The number of carboxylic acids is 1. The number of rotatable bonds is 3. The first-order chi connectivity index (χ1) is 8.16. The molecule has 86 valence electrons. The summed E-state index contributed by atoms with van der Waals surface area (Å²) in [6.07, 6.45) is 3.20. The zero-order valence-corrected chi connectivity index (χ0v) is 9.12. The van der Waals surface area contributed by atoms with Gasteiger partial charge in [0.05, 0.1) is 17.5 Å². The summed E-state index contributed by atoms with van der Waals surface area (Å²) in [5.41, 5.74) is 0.586. The number of carbonyl (C=O) groups is 1. The molecule has 2 heterocycles. The Hall–Kier alpha value is -2.43. The lowest BCUT2D eigenvalue weighted by atomic mass is 10.2. The molecule has 0 aliphatic rings. The Morgan fingerprint density at radius 2 is 2.18 bits per heavy atom. The standard InChI is InChI=1S/C12H10N2O3/c1-8-10(12(15)16)4-5-11(14-8)17-9-3-2-6-13-7-9/h2-7H,1H3,(H,15,16). The van der Waals surface area contributed by atoms with Crippen LogP contribution in [0, 0.1) is 6.92 Å². The fourth-order valence-electron chi connectivity index (χ4n) is 1.35. The smallest absolute Gasteiger partial charge is 0.337 e. The van der Waals surface area contributed by atoms with Gasteiger partial charge in [-0.1, -0.05) is 0 Å². The molecular weight excluding hydrogens is 220 g/mol. The number of nitrogens with zero attached hydrogens (tertiary/aromatic N) is 2. The van der Waals surface area contributed by atoms with Gasteiger partial charge in [-0.05, 0) is 25.1 Å². The van der Waals surface area contributed by atoms with Crippen molar-refractivity contribution in [1.82, 2.24) is 9.97 Å². The highest BCUT2D eigenvalue weighted by atomic mass is 16.5. The average Bonchev–Trinajstić information content (AvgIpc) is 2.30. The molecule has 0 amide bonds. The third-order valence-corrected chi connectivity index (χ3v) is 2.15. The van der Waals surface area contributed by atoms with Crippen LogP contribution in [0.15, 0.2) is 36.7 Å². The van der Waals surface area contributed by atoms with Crippen molar-refractivity contribution in [3.05, 3.63) is 47.9 Å². The molecule has 2 aromatic rings. The van der Waals surface area contributed by atoms with Crippen molar-refractivity contribution in [3.8, 4) is 11.6 Å². The maximum Gasteiger partial charge on any atom is 0.337 e. The maximum absolute atomic E-state index is 10.8. The van der Waals surface area contributed by atoms with E-state index in [1.54, 1.807) is 31.5 Å². The first-order valence-corrected chi connectivity index (χ1v) is 4.95. The van der Waals surface area contributed by atoms with Crippen molar-refractivity contribution < 1.29 is 14.6 Å². The van der Waals surface area contributed by atoms with Gasteiger partial charge >= 0.3 is 5.97 Å². The Morgan fingerprint density at radius 3 is 2.76 bits per heavy atom. The average molecular weight is 230 g/mol. The zero-order valence-electron chi connectivity index (χ0n) is 9.12. The first kappa shape index (κ1) is 11.1. The maximum atomic E-state index is 10.8. The summed E-state index contributed by atoms with van der Waals surface area (Å²) in [6.45, 7) is 1.62. The largest absolute Gasteiger partial charge is 0.478 e. The summed E-state index contributed by atoms with van der Waals surface area (Å²) in [6, 6.07) is 6.47. The van der Waals surface area contributed by atoms with Crippen LogP contribution in [-0.2, 0) is 0 Å². The summed E-state index contributed by atoms with van der Waals surface area (Å²) >= 11 is 0. The lowest BCUT2D eigenvalue weighted by molar-refractivity contribution is 0.0695. The van der Waals surface area contributed by atoms with Gasteiger partial charge in [-0.3, -0.25) is 4.98 Å². The molecule has 0 radical (unpaired) electrons. The predicted octanol–water partition coefficient (Wildman–Crippen LogP) is 2.28. The normalized spacial score (nSPS) is 9.94. The van der Waals surface area contributed by atoms with Crippen molar-refractivity contribution in [2.24, 2.45) is 0 Å². The fourth-order valence-corrected chi connectivity index (χ4v) is 1.35. The molecule has 5 heteroatoms. The highest BCUT2D eigenvalue weighted by Gasteiger charge is 2.09. The van der Waals surface area contributed by atoms with Gasteiger partial charge in [0.2, 0.25) is 5.88 Å². The van der Waals surface area contributed by atoms with Crippen molar-refractivity contribution in [1.29, 1.82) is 0 Å². The molecule has 0 atom stereocenters. The summed E-state index contributed by atoms with van der Waals surface area (Å²) in [7, 11) is 0. The van der Waals surface area contributed by atoms with Gasteiger partial charge in [0.15, 0.2) is 0 Å². The number of hydrogen-bond acceptors (Lipinski definition) is 4. The topological polar surface area (TPSA) is 72.3 Å². The SMILES string of the molecule is Cc1nc(Oc2cccnc2)ccc1C(=O)O. The van der Waals surface area contributed by atoms with E-state index in [0.29, 0.717) is 17.3 Å². The van der Waals surface area contributed by atoms with E-state index in [4.69, 9.17) is 9.84 Å². The summed E-state index contributed by atoms with van der Waals surface area (Å²) < 4.78 is 5.43. The van der Waals surface area contributed by atoms with Crippen LogP contribution in [0.3, 0.4) is 0 Å². The van der Waals surface area contributed by atoms with Gasteiger partial charge in [0.25, 0.3) is 0 Å². The molecule has 1 N–H and O–H groups in total. The molecule has 0 aliphatic heterocycles. The third kappa shape index (κ3) is 2.57.